The molecular formula is C16H15ClN2O2. The number of hydrazone groups is 1. The average Bonchev–Trinajstić information content (AvgIpc) is 2.48. The molecular weight excluding hydrogens is 288 g/mol. The van der Waals surface area contributed by atoms with E-state index in [-0.39, 0.29) is 12.5 Å². The predicted molar refractivity (Wildman–Crippen MR) is 83.9 cm³/mol. The van der Waals surface area contributed by atoms with Crippen molar-refractivity contribution in [2.75, 3.05) is 6.61 Å². The number of aryl methyl sites for hydroxylation is 1. The Bertz CT molecular complexity index is 639. The summed E-state index contributed by atoms with van der Waals surface area (Å²) in [7, 11) is 0. The number of carbonyl (C=O) groups excluding carboxylic acids is 1. The van der Waals surface area contributed by atoms with E-state index in [2.05, 4.69) is 10.5 Å². The maximum absolute atomic E-state index is 11.6. The Morgan fingerprint density at radius 1 is 1.24 bits per heavy atom. The van der Waals surface area contributed by atoms with Crippen LogP contribution in [-0.4, -0.2) is 18.7 Å². The molecule has 1 amide bonds. The van der Waals surface area contributed by atoms with Gasteiger partial charge >= 0.3 is 0 Å². The van der Waals surface area contributed by atoms with Crippen LogP contribution in [0.5, 0.6) is 5.75 Å². The molecule has 0 bridgehead atoms. The summed E-state index contributed by atoms with van der Waals surface area (Å²) in [5, 5.41) is 4.33. The van der Waals surface area contributed by atoms with Gasteiger partial charge in [-0.2, -0.15) is 5.10 Å². The smallest absolute Gasteiger partial charge is 0.277 e. The highest BCUT2D eigenvalue weighted by molar-refractivity contribution is 6.32. The Kier molecular flexibility index (Phi) is 5.35. The van der Waals surface area contributed by atoms with Crippen molar-refractivity contribution >= 4 is 23.7 Å². The molecule has 5 heteroatoms. The van der Waals surface area contributed by atoms with Gasteiger partial charge in [0.1, 0.15) is 5.75 Å². The summed E-state index contributed by atoms with van der Waals surface area (Å²) >= 11 is 5.92. The van der Waals surface area contributed by atoms with Crippen molar-refractivity contribution in [1.29, 1.82) is 0 Å². The minimum Gasteiger partial charge on any atom is -0.482 e. The molecule has 0 aromatic heterocycles. The fourth-order valence-electron chi connectivity index (χ4n) is 1.57. The lowest BCUT2D eigenvalue weighted by Crippen LogP contribution is -2.24. The summed E-state index contributed by atoms with van der Waals surface area (Å²) < 4.78 is 5.30. The highest BCUT2D eigenvalue weighted by Crippen LogP contribution is 2.22. The first-order valence-electron chi connectivity index (χ1n) is 6.41. The molecule has 0 spiro atoms. The fourth-order valence-corrected chi connectivity index (χ4v) is 1.76. The minimum absolute atomic E-state index is 0.144. The van der Waals surface area contributed by atoms with Crippen molar-refractivity contribution in [1.82, 2.24) is 5.43 Å². The number of hydrogen-bond donors (Lipinski definition) is 1. The number of nitrogens with one attached hydrogen (secondary N) is 1. The standard InChI is InChI=1S/C16H15ClN2O2/c1-12-6-8-13(9-7-12)10-18-19-16(20)11-21-15-5-3-2-4-14(15)17/h2-10H,11H2,1H3,(H,19,20). The van der Waals surface area contributed by atoms with Crippen LogP contribution in [0.25, 0.3) is 0 Å². The summed E-state index contributed by atoms with van der Waals surface area (Å²) in [6, 6.07) is 14.8. The Labute approximate surface area is 128 Å². The van der Waals surface area contributed by atoms with Crippen molar-refractivity contribution in [3.05, 3.63) is 64.7 Å². The SMILES string of the molecule is Cc1ccc(C=NNC(=O)COc2ccccc2Cl)cc1. The molecule has 0 heterocycles. The van der Waals surface area contributed by atoms with Gasteiger partial charge in [0.2, 0.25) is 0 Å². The third kappa shape index (κ3) is 4.93. The molecule has 0 radical (unpaired) electrons. The number of ether oxygens (including phenoxy) is 1. The number of rotatable bonds is 5. The Morgan fingerprint density at radius 2 is 1.95 bits per heavy atom. The highest BCUT2D eigenvalue weighted by atomic mass is 35.5. The van der Waals surface area contributed by atoms with Crippen LogP contribution in [0.1, 0.15) is 11.1 Å². The van der Waals surface area contributed by atoms with E-state index in [0.717, 1.165) is 5.56 Å². The van der Waals surface area contributed by atoms with Gasteiger partial charge in [0.15, 0.2) is 6.61 Å². The highest BCUT2D eigenvalue weighted by Gasteiger charge is 2.03. The molecule has 0 saturated carbocycles. The lowest BCUT2D eigenvalue weighted by molar-refractivity contribution is -0.123. The van der Waals surface area contributed by atoms with E-state index < -0.39 is 0 Å². The van der Waals surface area contributed by atoms with Gasteiger partial charge in [-0.15, -0.1) is 0 Å². The van der Waals surface area contributed by atoms with Crippen molar-refractivity contribution in [3.8, 4) is 5.75 Å². The van der Waals surface area contributed by atoms with Gasteiger partial charge in [0, 0.05) is 0 Å². The minimum atomic E-state index is -0.349. The lowest BCUT2D eigenvalue weighted by Gasteiger charge is -2.06. The number of carbonyl (C=O) groups is 1. The lowest BCUT2D eigenvalue weighted by atomic mass is 10.2. The number of hydrogen-bond acceptors (Lipinski definition) is 3. The van der Waals surface area contributed by atoms with Crippen molar-refractivity contribution in [2.45, 2.75) is 6.92 Å². The molecule has 0 unspecified atom stereocenters. The van der Waals surface area contributed by atoms with Crippen LogP contribution in [0, 0.1) is 6.92 Å². The molecule has 0 saturated heterocycles. The second-order valence-corrected chi connectivity index (χ2v) is 4.83. The van der Waals surface area contributed by atoms with Crippen molar-refractivity contribution in [2.24, 2.45) is 5.10 Å². The zero-order chi connectivity index (χ0) is 15.1. The topological polar surface area (TPSA) is 50.7 Å². The summed E-state index contributed by atoms with van der Waals surface area (Å²) in [6.07, 6.45) is 1.58. The molecule has 0 atom stereocenters. The molecule has 0 aliphatic heterocycles. The molecule has 1 N–H and O–H groups in total. The van der Waals surface area contributed by atoms with Gasteiger partial charge in [-0.05, 0) is 24.6 Å². The van der Waals surface area contributed by atoms with E-state index in [4.69, 9.17) is 16.3 Å². The maximum Gasteiger partial charge on any atom is 0.277 e. The molecule has 4 nitrogen and oxygen atoms in total. The van der Waals surface area contributed by atoms with Gasteiger partial charge in [0.05, 0.1) is 11.2 Å². The number of halogens is 1. The molecule has 0 fully saturated rings. The zero-order valence-electron chi connectivity index (χ0n) is 11.5. The van der Waals surface area contributed by atoms with Crippen LogP contribution in [0.15, 0.2) is 53.6 Å². The van der Waals surface area contributed by atoms with Crippen LogP contribution in [0.2, 0.25) is 5.02 Å². The number of amides is 1. The first-order chi connectivity index (χ1) is 10.1. The average molecular weight is 303 g/mol. The van der Waals surface area contributed by atoms with Gasteiger partial charge in [-0.25, -0.2) is 5.43 Å². The van der Waals surface area contributed by atoms with Gasteiger partial charge < -0.3 is 4.74 Å². The first-order valence-corrected chi connectivity index (χ1v) is 6.79. The van der Waals surface area contributed by atoms with E-state index in [1.165, 1.54) is 5.56 Å². The van der Waals surface area contributed by atoms with Crippen LogP contribution in [-0.2, 0) is 4.79 Å². The number of benzene rings is 2. The predicted octanol–water partition coefficient (Wildman–Crippen LogP) is 3.18. The van der Waals surface area contributed by atoms with Crippen molar-refractivity contribution in [3.63, 3.8) is 0 Å². The fraction of sp³-hybridized carbons (Fsp3) is 0.125. The summed E-state index contributed by atoms with van der Waals surface area (Å²) in [4.78, 5) is 11.6. The van der Waals surface area contributed by atoms with E-state index in [9.17, 15) is 4.79 Å². The van der Waals surface area contributed by atoms with Crippen LogP contribution in [0.3, 0.4) is 0 Å². The Balaban J connectivity index is 1.80. The van der Waals surface area contributed by atoms with Gasteiger partial charge in [-0.3, -0.25) is 4.79 Å². The summed E-state index contributed by atoms with van der Waals surface area (Å²) in [5.41, 5.74) is 4.48. The zero-order valence-corrected chi connectivity index (χ0v) is 12.3. The van der Waals surface area contributed by atoms with E-state index in [1.54, 1.807) is 30.5 Å². The van der Waals surface area contributed by atoms with E-state index in [0.29, 0.717) is 10.8 Å². The van der Waals surface area contributed by atoms with E-state index in [1.807, 2.05) is 31.2 Å². The molecule has 2 rings (SSSR count). The first kappa shape index (κ1) is 15.1. The second-order valence-electron chi connectivity index (χ2n) is 4.42. The van der Waals surface area contributed by atoms with Crippen LogP contribution < -0.4 is 10.2 Å². The quantitative estimate of drug-likeness (QED) is 0.681. The Hall–Kier alpha value is -2.33. The second kappa shape index (κ2) is 7.45. The van der Waals surface area contributed by atoms with Gasteiger partial charge in [-0.1, -0.05) is 53.6 Å². The van der Waals surface area contributed by atoms with Crippen LogP contribution >= 0.6 is 11.6 Å². The Morgan fingerprint density at radius 3 is 2.67 bits per heavy atom. The normalized spacial score (nSPS) is 10.6. The molecule has 0 aliphatic carbocycles. The monoisotopic (exact) mass is 302 g/mol. The third-order valence-corrected chi connectivity index (χ3v) is 2.99. The maximum atomic E-state index is 11.6. The number of nitrogens with zero attached hydrogens (tertiary/aromatic N) is 1. The summed E-state index contributed by atoms with van der Waals surface area (Å²) in [5.74, 6) is 0.120. The molecule has 21 heavy (non-hydrogen) atoms. The molecule has 2 aromatic carbocycles. The summed E-state index contributed by atoms with van der Waals surface area (Å²) in [6.45, 7) is 1.86. The third-order valence-electron chi connectivity index (χ3n) is 2.68. The van der Waals surface area contributed by atoms with Gasteiger partial charge in [0.25, 0.3) is 5.91 Å². The largest absolute Gasteiger partial charge is 0.482 e. The molecule has 2 aromatic rings. The molecule has 0 aliphatic rings. The van der Waals surface area contributed by atoms with Crippen LogP contribution in [0.4, 0.5) is 0 Å². The number of para-hydroxylation sites is 1. The van der Waals surface area contributed by atoms with E-state index >= 15 is 0 Å². The van der Waals surface area contributed by atoms with Crippen molar-refractivity contribution < 1.29 is 9.53 Å². The molecule has 108 valence electrons.